The Balaban J connectivity index is 1.91. The lowest BCUT2D eigenvalue weighted by Gasteiger charge is -2.25. The minimum Gasteiger partial charge on any atom is -0.469 e. The number of ether oxygens (including phenoxy) is 1. The Hall–Kier alpha value is -1.88. The van der Waals surface area contributed by atoms with E-state index in [1.54, 1.807) is 0 Å². The summed E-state index contributed by atoms with van der Waals surface area (Å²) >= 11 is 0. The quantitative estimate of drug-likeness (QED) is 0.805. The van der Waals surface area contributed by atoms with Crippen molar-refractivity contribution in [2.24, 2.45) is 0 Å². The molecule has 0 bridgehead atoms. The van der Waals surface area contributed by atoms with Crippen molar-refractivity contribution in [2.75, 3.05) is 26.7 Å². The molecule has 5 nitrogen and oxygen atoms in total. The van der Waals surface area contributed by atoms with Gasteiger partial charge in [-0.05, 0) is 35.9 Å². The third-order valence-electron chi connectivity index (χ3n) is 4.75. The standard InChI is InChI=1S/C20H30N2O3/c1-20(2,3)16-9-7-15(8-10-16)17-6-5-13-22(17)14-18(23)21-12-11-19(24)25-4/h7-10,17H,5-6,11-14H2,1-4H3,(H,21,23). The highest BCUT2D eigenvalue weighted by Gasteiger charge is 2.27. The predicted molar refractivity (Wildman–Crippen MR) is 98.3 cm³/mol. The number of rotatable bonds is 6. The maximum Gasteiger partial charge on any atom is 0.307 e. The van der Waals surface area contributed by atoms with Crippen LogP contribution in [0.2, 0.25) is 0 Å². The summed E-state index contributed by atoms with van der Waals surface area (Å²) in [5.74, 6) is -0.347. The van der Waals surface area contributed by atoms with Gasteiger partial charge < -0.3 is 10.1 Å². The van der Waals surface area contributed by atoms with Gasteiger partial charge in [-0.1, -0.05) is 45.0 Å². The fourth-order valence-electron chi connectivity index (χ4n) is 3.24. The number of nitrogens with zero attached hydrogens (tertiary/aromatic N) is 1. The molecule has 1 saturated heterocycles. The predicted octanol–water partition coefficient (Wildman–Crippen LogP) is 2.80. The van der Waals surface area contributed by atoms with Crippen molar-refractivity contribution < 1.29 is 14.3 Å². The zero-order valence-electron chi connectivity index (χ0n) is 15.8. The van der Waals surface area contributed by atoms with Gasteiger partial charge in [0.15, 0.2) is 0 Å². The van der Waals surface area contributed by atoms with Gasteiger partial charge in [0.2, 0.25) is 5.91 Å². The van der Waals surface area contributed by atoms with Gasteiger partial charge in [0.25, 0.3) is 0 Å². The normalized spacial score (nSPS) is 18.2. The van der Waals surface area contributed by atoms with E-state index in [1.165, 1.54) is 18.2 Å². The SMILES string of the molecule is COC(=O)CCNC(=O)CN1CCCC1c1ccc(C(C)(C)C)cc1. The third-order valence-corrected chi connectivity index (χ3v) is 4.75. The zero-order chi connectivity index (χ0) is 18.4. The first-order valence-electron chi connectivity index (χ1n) is 8.99. The maximum atomic E-state index is 12.1. The molecule has 1 aliphatic heterocycles. The molecule has 5 heteroatoms. The fraction of sp³-hybridized carbons (Fsp3) is 0.600. The molecule has 1 aromatic rings. The van der Waals surface area contributed by atoms with E-state index in [4.69, 9.17) is 0 Å². The van der Waals surface area contributed by atoms with Crippen LogP contribution < -0.4 is 5.32 Å². The first-order valence-corrected chi connectivity index (χ1v) is 8.99. The molecule has 1 fully saturated rings. The van der Waals surface area contributed by atoms with Gasteiger partial charge >= 0.3 is 5.97 Å². The molecule has 0 aliphatic carbocycles. The van der Waals surface area contributed by atoms with Gasteiger partial charge in [-0.2, -0.15) is 0 Å². The lowest BCUT2D eigenvalue weighted by Crippen LogP contribution is -2.37. The van der Waals surface area contributed by atoms with Gasteiger partial charge in [-0.3, -0.25) is 14.5 Å². The Morgan fingerprint density at radius 1 is 1.24 bits per heavy atom. The number of benzene rings is 1. The molecule has 0 radical (unpaired) electrons. The van der Waals surface area contributed by atoms with Crippen molar-refractivity contribution in [3.05, 3.63) is 35.4 Å². The average molecular weight is 346 g/mol. The Morgan fingerprint density at radius 2 is 1.92 bits per heavy atom. The van der Waals surface area contributed by atoms with Crippen molar-refractivity contribution in [3.63, 3.8) is 0 Å². The van der Waals surface area contributed by atoms with Crippen molar-refractivity contribution >= 4 is 11.9 Å². The maximum absolute atomic E-state index is 12.1. The molecule has 25 heavy (non-hydrogen) atoms. The monoisotopic (exact) mass is 346 g/mol. The van der Waals surface area contributed by atoms with E-state index < -0.39 is 0 Å². The molecule has 1 aromatic carbocycles. The second-order valence-electron chi connectivity index (χ2n) is 7.68. The lowest BCUT2D eigenvalue weighted by molar-refractivity contribution is -0.140. The molecular formula is C20H30N2O3. The topological polar surface area (TPSA) is 58.6 Å². The number of hydrogen-bond donors (Lipinski definition) is 1. The van der Waals surface area contributed by atoms with Gasteiger partial charge in [0.05, 0.1) is 20.1 Å². The fourth-order valence-corrected chi connectivity index (χ4v) is 3.24. The average Bonchev–Trinajstić information content (AvgIpc) is 3.02. The van der Waals surface area contributed by atoms with Crippen LogP contribution in [-0.4, -0.2) is 43.5 Å². The smallest absolute Gasteiger partial charge is 0.307 e. The molecular weight excluding hydrogens is 316 g/mol. The van der Waals surface area contributed by atoms with Crippen molar-refractivity contribution in [1.82, 2.24) is 10.2 Å². The highest BCUT2D eigenvalue weighted by atomic mass is 16.5. The van der Waals surface area contributed by atoms with Gasteiger partial charge in [0, 0.05) is 12.6 Å². The Labute approximate surface area is 150 Å². The number of hydrogen-bond acceptors (Lipinski definition) is 4. The van der Waals surface area contributed by atoms with Crippen molar-refractivity contribution in [2.45, 2.75) is 51.5 Å². The molecule has 138 valence electrons. The Bertz CT molecular complexity index is 590. The van der Waals surface area contributed by atoms with Crippen LogP contribution in [-0.2, 0) is 19.7 Å². The molecule has 1 aliphatic rings. The van der Waals surface area contributed by atoms with E-state index in [2.05, 4.69) is 60.0 Å². The number of carbonyl (C=O) groups excluding carboxylic acids is 2. The van der Waals surface area contributed by atoms with Gasteiger partial charge in [0.1, 0.15) is 0 Å². The van der Waals surface area contributed by atoms with Crippen LogP contribution in [0.15, 0.2) is 24.3 Å². The lowest BCUT2D eigenvalue weighted by atomic mass is 9.86. The summed E-state index contributed by atoms with van der Waals surface area (Å²) in [6, 6.07) is 9.07. The second kappa shape index (κ2) is 8.48. The van der Waals surface area contributed by atoms with E-state index in [0.29, 0.717) is 19.1 Å². The number of carbonyl (C=O) groups is 2. The van der Waals surface area contributed by atoms with Crippen molar-refractivity contribution in [1.29, 1.82) is 0 Å². The minimum absolute atomic E-state index is 0.0397. The number of esters is 1. The molecule has 1 amide bonds. The van der Waals surface area contributed by atoms with Crippen LogP contribution in [0.25, 0.3) is 0 Å². The van der Waals surface area contributed by atoms with E-state index in [1.807, 2.05) is 0 Å². The second-order valence-corrected chi connectivity index (χ2v) is 7.68. The zero-order valence-corrected chi connectivity index (χ0v) is 15.8. The molecule has 0 saturated carbocycles. The summed E-state index contributed by atoms with van der Waals surface area (Å²) in [5.41, 5.74) is 2.74. The number of nitrogens with one attached hydrogen (secondary N) is 1. The van der Waals surface area contributed by atoms with Gasteiger partial charge in [-0.25, -0.2) is 0 Å². The van der Waals surface area contributed by atoms with E-state index in [0.717, 1.165) is 19.4 Å². The van der Waals surface area contributed by atoms with Crippen LogP contribution in [0, 0.1) is 0 Å². The summed E-state index contributed by atoms with van der Waals surface area (Å²) in [5, 5.41) is 2.79. The molecule has 2 rings (SSSR count). The largest absolute Gasteiger partial charge is 0.469 e. The summed E-state index contributed by atoms with van der Waals surface area (Å²) in [7, 11) is 1.35. The summed E-state index contributed by atoms with van der Waals surface area (Å²) < 4.78 is 4.57. The van der Waals surface area contributed by atoms with Crippen LogP contribution in [0.1, 0.15) is 57.2 Å². The number of amides is 1. The Kier molecular flexibility index (Phi) is 6.59. The van der Waals surface area contributed by atoms with Crippen LogP contribution >= 0.6 is 0 Å². The molecule has 1 atom stereocenters. The van der Waals surface area contributed by atoms with E-state index >= 15 is 0 Å². The highest BCUT2D eigenvalue weighted by molar-refractivity contribution is 5.79. The minimum atomic E-state index is -0.307. The van der Waals surface area contributed by atoms with E-state index in [-0.39, 0.29) is 23.7 Å². The molecule has 1 N–H and O–H groups in total. The highest BCUT2D eigenvalue weighted by Crippen LogP contribution is 2.32. The summed E-state index contributed by atoms with van der Waals surface area (Å²) in [6.45, 7) is 8.25. The number of likely N-dealkylation sites (tertiary alicyclic amines) is 1. The molecule has 1 heterocycles. The van der Waals surface area contributed by atoms with Crippen LogP contribution in [0.5, 0.6) is 0 Å². The number of methoxy groups -OCH3 is 1. The van der Waals surface area contributed by atoms with Crippen molar-refractivity contribution in [3.8, 4) is 0 Å². The molecule has 1 unspecified atom stereocenters. The Morgan fingerprint density at radius 3 is 2.52 bits per heavy atom. The van der Waals surface area contributed by atoms with E-state index in [9.17, 15) is 9.59 Å². The van der Waals surface area contributed by atoms with Crippen LogP contribution in [0.3, 0.4) is 0 Å². The molecule has 0 aromatic heterocycles. The first-order chi connectivity index (χ1) is 11.8. The summed E-state index contributed by atoms with van der Waals surface area (Å²) in [4.78, 5) is 25.4. The van der Waals surface area contributed by atoms with Gasteiger partial charge in [-0.15, -0.1) is 0 Å². The third kappa shape index (κ3) is 5.56. The van der Waals surface area contributed by atoms with Crippen LogP contribution in [0.4, 0.5) is 0 Å². The summed E-state index contributed by atoms with van der Waals surface area (Å²) in [6.07, 6.45) is 2.38. The molecule has 0 spiro atoms. The first kappa shape index (κ1) is 19.4.